The number of aromatic nitrogens is 2. The summed E-state index contributed by atoms with van der Waals surface area (Å²) in [7, 11) is 0. The van der Waals surface area contributed by atoms with Crippen LogP contribution < -0.4 is 10.9 Å². The molecule has 5 rings (SSSR count). The van der Waals surface area contributed by atoms with Crippen molar-refractivity contribution in [2.75, 3.05) is 19.6 Å². The third kappa shape index (κ3) is 5.11. The van der Waals surface area contributed by atoms with Crippen molar-refractivity contribution in [3.05, 3.63) is 63.4 Å². The maximum absolute atomic E-state index is 13.7. The summed E-state index contributed by atoms with van der Waals surface area (Å²) in [6.07, 6.45) is 1.41. The summed E-state index contributed by atoms with van der Waals surface area (Å²) in [5, 5.41) is 3.90. The fraction of sp³-hybridized carbons (Fsp3) is 0.444. The van der Waals surface area contributed by atoms with E-state index in [0.717, 1.165) is 24.9 Å². The molecule has 35 heavy (non-hydrogen) atoms. The number of amides is 1. The lowest BCUT2D eigenvalue weighted by atomic mass is 9.71. The van der Waals surface area contributed by atoms with Crippen LogP contribution in [0.5, 0.6) is 0 Å². The highest BCUT2D eigenvalue weighted by Crippen LogP contribution is 2.43. The van der Waals surface area contributed by atoms with Gasteiger partial charge in [-0.3, -0.25) is 19.1 Å². The first-order chi connectivity index (χ1) is 16.8. The van der Waals surface area contributed by atoms with Gasteiger partial charge in [-0.05, 0) is 68.4 Å². The quantitative estimate of drug-likeness (QED) is 0.527. The van der Waals surface area contributed by atoms with Crippen LogP contribution in [0.3, 0.4) is 0 Å². The van der Waals surface area contributed by atoms with Crippen molar-refractivity contribution in [1.29, 1.82) is 0 Å². The number of alkyl halides is 1. The van der Waals surface area contributed by atoms with E-state index < -0.39 is 6.17 Å². The standard InChI is InChI=1S/C27H30ClFN4O2/c1-16(2)30-25(34)15-33-26(19-4-3-5-21(28)10-19)31-24-7-6-18(11-23(24)27(33)35)20-8-17(9-20)12-32-13-22(29)14-32/h3-7,10-11,16-17,20,22H,8-9,12-15H2,1-2H3,(H,30,34). The van der Waals surface area contributed by atoms with Gasteiger partial charge in [0.05, 0.1) is 10.9 Å². The van der Waals surface area contributed by atoms with E-state index in [4.69, 9.17) is 16.6 Å². The first kappa shape index (κ1) is 23.9. The zero-order valence-corrected chi connectivity index (χ0v) is 20.8. The van der Waals surface area contributed by atoms with E-state index in [0.29, 0.717) is 52.2 Å². The summed E-state index contributed by atoms with van der Waals surface area (Å²) >= 11 is 6.20. The molecule has 2 fully saturated rings. The van der Waals surface area contributed by atoms with Gasteiger partial charge in [0.1, 0.15) is 18.5 Å². The van der Waals surface area contributed by atoms with E-state index in [1.807, 2.05) is 32.0 Å². The summed E-state index contributed by atoms with van der Waals surface area (Å²) in [6.45, 7) is 5.71. The smallest absolute Gasteiger partial charge is 0.262 e. The molecule has 1 saturated heterocycles. The Morgan fingerprint density at radius 2 is 1.97 bits per heavy atom. The van der Waals surface area contributed by atoms with Crippen LogP contribution in [-0.4, -0.2) is 52.2 Å². The molecule has 6 nitrogen and oxygen atoms in total. The van der Waals surface area contributed by atoms with Gasteiger partial charge in [-0.25, -0.2) is 9.37 Å². The van der Waals surface area contributed by atoms with Crippen molar-refractivity contribution in [1.82, 2.24) is 19.8 Å². The molecule has 0 unspecified atom stereocenters. The van der Waals surface area contributed by atoms with Gasteiger partial charge in [0.15, 0.2) is 0 Å². The van der Waals surface area contributed by atoms with Crippen molar-refractivity contribution < 1.29 is 9.18 Å². The Balaban J connectivity index is 1.46. The van der Waals surface area contributed by atoms with E-state index in [1.165, 1.54) is 4.57 Å². The van der Waals surface area contributed by atoms with Gasteiger partial charge in [-0.2, -0.15) is 0 Å². The largest absolute Gasteiger partial charge is 0.352 e. The number of carbonyl (C=O) groups excluding carboxylic acids is 1. The highest BCUT2D eigenvalue weighted by molar-refractivity contribution is 6.30. The molecular formula is C27H30ClFN4O2. The Kier molecular flexibility index (Phi) is 6.64. The van der Waals surface area contributed by atoms with Gasteiger partial charge in [-0.15, -0.1) is 0 Å². The molecule has 0 bridgehead atoms. The van der Waals surface area contributed by atoms with Crippen LogP contribution in [-0.2, 0) is 11.3 Å². The second kappa shape index (κ2) is 9.70. The normalized spacial score (nSPS) is 20.6. The molecule has 1 aliphatic heterocycles. The number of benzene rings is 2. The van der Waals surface area contributed by atoms with E-state index >= 15 is 0 Å². The molecule has 0 atom stereocenters. The number of rotatable bonds is 7. The number of likely N-dealkylation sites (tertiary alicyclic amines) is 1. The van der Waals surface area contributed by atoms with Gasteiger partial charge < -0.3 is 5.32 Å². The highest BCUT2D eigenvalue weighted by atomic mass is 35.5. The monoisotopic (exact) mass is 496 g/mol. The van der Waals surface area contributed by atoms with Crippen molar-refractivity contribution >= 4 is 28.4 Å². The van der Waals surface area contributed by atoms with Crippen LogP contribution in [0.2, 0.25) is 5.02 Å². The number of hydrogen-bond donors (Lipinski definition) is 1. The Hall–Kier alpha value is -2.77. The van der Waals surface area contributed by atoms with Crippen LogP contribution >= 0.6 is 11.6 Å². The molecule has 0 spiro atoms. The third-order valence-electron chi connectivity index (χ3n) is 6.95. The second-order valence-corrected chi connectivity index (χ2v) is 10.6. The minimum absolute atomic E-state index is 0.0357. The number of fused-ring (bicyclic) bond motifs is 1. The lowest BCUT2D eigenvalue weighted by Crippen LogP contribution is -2.51. The number of nitrogens with one attached hydrogen (secondary N) is 1. The highest BCUT2D eigenvalue weighted by Gasteiger charge is 2.35. The summed E-state index contributed by atoms with van der Waals surface area (Å²) in [5.41, 5.74) is 2.16. The molecule has 1 amide bonds. The average molecular weight is 497 g/mol. The summed E-state index contributed by atoms with van der Waals surface area (Å²) in [4.78, 5) is 33.2. The van der Waals surface area contributed by atoms with Crippen LogP contribution in [0.15, 0.2) is 47.3 Å². The van der Waals surface area contributed by atoms with Gasteiger partial charge in [-0.1, -0.05) is 29.8 Å². The van der Waals surface area contributed by atoms with Crippen LogP contribution in [0.1, 0.15) is 38.2 Å². The van der Waals surface area contributed by atoms with Crippen molar-refractivity contribution in [3.63, 3.8) is 0 Å². The molecular weight excluding hydrogens is 467 g/mol. The first-order valence-corrected chi connectivity index (χ1v) is 12.6. The minimum Gasteiger partial charge on any atom is -0.352 e. The lowest BCUT2D eigenvalue weighted by Gasteiger charge is -2.43. The Morgan fingerprint density at radius 3 is 2.66 bits per heavy atom. The predicted octanol–water partition coefficient (Wildman–Crippen LogP) is 4.39. The molecule has 3 aromatic rings. The number of hydrogen-bond acceptors (Lipinski definition) is 4. The molecule has 184 valence electrons. The van der Waals surface area contributed by atoms with Gasteiger partial charge in [0.25, 0.3) is 5.56 Å². The molecule has 2 aliphatic rings. The van der Waals surface area contributed by atoms with Crippen LogP contribution in [0.4, 0.5) is 4.39 Å². The van der Waals surface area contributed by atoms with E-state index in [2.05, 4.69) is 16.3 Å². The molecule has 2 heterocycles. The predicted molar refractivity (Wildman–Crippen MR) is 137 cm³/mol. The zero-order chi connectivity index (χ0) is 24.7. The average Bonchev–Trinajstić information content (AvgIpc) is 2.75. The molecule has 0 radical (unpaired) electrons. The molecule has 1 aromatic heterocycles. The zero-order valence-electron chi connectivity index (χ0n) is 20.0. The Labute approximate surface area is 209 Å². The summed E-state index contributed by atoms with van der Waals surface area (Å²) in [5.74, 6) is 1.13. The maximum atomic E-state index is 13.7. The van der Waals surface area contributed by atoms with Gasteiger partial charge in [0.2, 0.25) is 5.91 Å². The second-order valence-electron chi connectivity index (χ2n) is 10.2. The maximum Gasteiger partial charge on any atom is 0.262 e. The topological polar surface area (TPSA) is 67.2 Å². The molecule has 1 aliphatic carbocycles. The minimum atomic E-state index is -0.666. The summed E-state index contributed by atoms with van der Waals surface area (Å²) < 4.78 is 14.5. The molecule has 1 N–H and O–H groups in total. The lowest BCUT2D eigenvalue weighted by molar-refractivity contribution is -0.122. The number of carbonyl (C=O) groups is 1. The van der Waals surface area contributed by atoms with Crippen molar-refractivity contribution in [2.45, 2.75) is 51.4 Å². The van der Waals surface area contributed by atoms with Gasteiger partial charge in [0, 0.05) is 36.3 Å². The van der Waals surface area contributed by atoms with Gasteiger partial charge >= 0.3 is 0 Å². The fourth-order valence-corrected chi connectivity index (χ4v) is 5.37. The van der Waals surface area contributed by atoms with Crippen LogP contribution in [0.25, 0.3) is 22.3 Å². The number of nitrogens with zero attached hydrogens (tertiary/aromatic N) is 3. The molecule has 8 heteroatoms. The molecule has 1 saturated carbocycles. The Bertz CT molecular complexity index is 1310. The first-order valence-electron chi connectivity index (χ1n) is 12.2. The summed E-state index contributed by atoms with van der Waals surface area (Å²) in [6, 6.07) is 13.0. The Morgan fingerprint density at radius 1 is 1.20 bits per heavy atom. The third-order valence-corrected chi connectivity index (χ3v) is 7.18. The molecule has 2 aromatic carbocycles. The van der Waals surface area contributed by atoms with Crippen molar-refractivity contribution in [2.24, 2.45) is 5.92 Å². The van der Waals surface area contributed by atoms with Crippen molar-refractivity contribution in [3.8, 4) is 11.4 Å². The van der Waals surface area contributed by atoms with E-state index in [-0.39, 0.29) is 24.1 Å². The van der Waals surface area contributed by atoms with Crippen LogP contribution in [0, 0.1) is 5.92 Å². The number of halogens is 2. The fourth-order valence-electron chi connectivity index (χ4n) is 5.18. The van der Waals surface area contributed by atoms with E-state index in [1.54, 1.807) is 18.2 Å². The van der Waals surface area contributed by atoms with E-state index in [9.17, 15) is 14.0 Å². The SMILES string of the molecule is CC(C)NC(=O)Cn1c(-c2cccc(Cl)c2)nc2ccc(C3CC(CN4CC(F)C4)C3)cc2c1=O.